The standard InChI is InChI=1S/C16H15NS2/c1-10-9-12(13-7-4-8-18-13)15-11-5-2-3-6-14(11)19-16(15)17-10/h4,7-9H,2-3,5-6H2,1H3. The predicted octanol–water partition coefficient (Wildman–Crippen LogP) is 5.21. The van der Waals surface area contributed by atoms with Crippen LogP contribution in [-0.2, 0) is 12.8 Å². The van der Waals surface area contributed by atoms with E-state index in [2.05, 4.69) is 30.5 Å². The van der Waals surface area contributed by atoms with Crippen molar-refractivity contribution in [2.24, 2.45) is 0 Å². The highest BCUT2D eigenvalue weighted by Gasteiger charge is 2.20. The van der Waals surface area contributed by atoms with Crippen molar-refractivity contribution in [1.82, 2.24) is 4.98 Å². The van der Waals surface area contributed by atoms with Crippen LogP contribution in [0.5, 0.6) is 0 Å². The molecule has 3 aromatic heterocycles. The third kappa shape index (κ3) is 1.84. The Bertz CT molecular complexity index is 738. The summed E-state index contributed by atoms with van der Waals surface area (Å²) in [4.78, 5) is 8.98. The largest absolute Gasteiger partial charge is 0.242 e. The molecule has 19 heavy (non-hydrogen) atoms. The van der Waals surface area contributed by atoms with Crippen molar-refractivity contribution < 1.29 is 0 Å². The average Bonchev–Trinajstić information content (AvgIpc) is 3.04. The van der Waals surface area contributed by atoms with Crippen molar-refractivity contribution in [2.45, 2.75) is 32.6 Å². The second-order valence-electron chi connectivity index (χ2n) is 5.18. The minimum Gasteiger partial charge on any atom is -0.242 e. The van der Waals surface area contributed by atoms with Gasteiger partial charge in [0.05, 0.1) is 0 Å². The molecule has 0 fully saturated rings. The zero-order valence-electron chi connectivity index (χ0n) is 10.9. The molecule has 96 valence electrons. The monoisotopic (exact) mass is 285 g/mol. The number of thiophene rings is 2. The van der Waals surface area contributed by atoms with Crippen molar-refractivity contribution in [3.05, 3.63) is 39.7 Å². The van der Waals surface area contributed by atoms with Gasteiger partial charge in [-0.15, -0.1) is 22.7 Å². The lowest BCUT2D eigenvalue weighted by Crippen LogP contribution is -1.98. The minimum atomic E-state index is 1.13. The van der Waals surface area contributed by atoms with E-state index in [0.29, 0.717) is 0 Å². The maximum absolute atomic E-state index is 4.77. The van der Waals surface area contributed by atoms with E-state index in [-0.39, 0.29) is 0 Å². The molecule has 3 heterocycles. The molecule has 4 rings (SSSR count). The van der Waals surface area contributed by atoms with Crippen LogP contribution in [0.3, 0.4) is 0 Å². The topological polar surface area (TPSA) is 12.9 Å². The van der Waals surface area contributed by atoms with E-state index in [1.165, 1.54) is 46.3 Å². The summed E-state index contributed by atoms with van der Waals surface area (Å²) in [7, 11) is 0. The molecule has 0 saturated heterocycles. The van der Waals surface area contributed by atoms with Crippen LogP contribution in [-0.4, -0.2) is 4.98 Å². The molecule has 0 amide bonds. The number of hydrogen-bond donors (Lipinski definition) is 0. The predicted molar refractivity (Wildman–Crippen MR) is 84.3 cm³/mol. The quantitative estimate of drug-likeness (QED) is 0.598. The molecule has 1 nitrogen and oxygen atoms in total. The van der Waals surface area contributed by atoms with Crippen LogP contribution in [0.1, 0.15) is 29.0 Å². The fourth-order valence-corrected chi connectivity index (χ4v) is 5.09. The van der Waals surface area contributed by atoms with E-state index in [9.17, 15) is 0 Å². The van der Waals surface area contributed by atoms with Gasteiger partial charge in [0.2, 0.25) is 0 Å². The van der Waals surface area contributed by atoms with Crippen molar-refractivity contribution >= 4 is 32.9 Å². The number of hydrogen-bond acceptors (Lipinski definition) is 3. The van der Waals surface area contributed by atoms with Crippen LogP contribution in [0.15, 0.2) is 23.6 Å². The summed E-state index contributed by atoms with van der Waals surface area (Å²) in [6.07, 6.45) is 5.15. The van der Waals surface area contributed by atoms with Gasteiger partial charge in [-0.2, -0.15) is 0 Å². The van der Waals surface area contributed by atoms with Crippen LogP contribution in [0.25, 0.3) is 20.7 Å². The van der Waals surface area contributed by atoms with Crippen LogP contribution in [0.4, 0.5) is 0 Å². The molecule has 0 saturated carbocycles. The second kappa shape index (κ2) is 4.43. The normalized spacial score (nSPS) is 14.8. The molecular weight excluding hydrogens is 270 g/mol. The van der Waals surface area contributed by atoms with Gasteiger partial charge < -0.3 is 0 Å². The Labute approximate surface area is 120 Å². The molecule has 0 unspecified atom stereocenters. The Balaban J connectivity index is 2.08. The lowest BCUT2D eigenvalue weighted by molar-refractivity contribution is 0.700. The minimum absolute atomic E-state index is 1.13. The SMILES string of the molecule is Cc1cc(-c2cccs2)c2c3c(sc2n1)CCCC3. The van der Waals surface area contributed by atoms with Gasteiger partial charge >= 0.3 is 0 Å². The Morgan fingerprint density at radius 3 is 2.95 bits per heavy atom. The number of fused-ring (bicyclic) bond motifs is 3. The third-order valence-electron chi connectivity index (χ3n) is 3.84. The number of pyridine rings is 1. The van der Waals surface area contributed by atoms with Crippen molar-refractivity contribution in [1.29, 1.82) is 0 Å². The smallest absolute Gasteiger partial charge is 0.124 e. The number of rotatable bonds is 1. The summed E-state index contributed by atoms with van der Waals surface area (Å²) in [5.74, 6) is 0. The Hall–Kier alpha value is -1.19. The Kier molecular flexibility index (Phi) is 2.71. The molecule has 3 aromatic rings. The van der Waals surface area contributed by atoms with E-state index in [0.717, 1.165) is 5.69 Å². The van der Waals surface area contributed by atoms with Gasteiger partial charge in [-0.05, 0) is 55.7 Å². The first kappa shape index (κ1) is 11.6. The van der Waals surface area contributed by atoms with Gasteiger partial charge in [0, 0.05) is 26.4 Å². The lowest BCUT2D eigenvalue weighted by Gasteiger charge is -2.12. The fraction of sp³-hybridized carbons (Fsp3) is 0.312. The summed E-state index contributed by atoms with van der Waals surface area (Å²) in [5, 5.41) is 3.60. The van der Waals surface area contributed by atoms with Crippen molar-refractivity contribution in [3.63, 3.8) is 0 Å². The third-order valence-corrected chi connectivity index (χ3v) is 5.93. The Morgan fingerprint density at radius 1 is 1.21 bits per heavy atom. The van der Waals surface area contributed by atoms with Gasteiger partial charge in [-0.25, -0.2) is 4.98 Å². The highest BCUT2D eigenvalue weighted by Crippen LogP contribution is 2.41. The molecule has 0 aliphatic heterocycles. The molecule has 0 N–H and O–H groups in total. The Morgan fingerprint density at radius 2 is 2.11 bits per heavy atom. The first-order chi connectivity index (χ1) is 9.33. The molecule has 0 spiro atoms. The molecule has 0 atom stereocenters. The maximum Gasteiger partial charge on any atom is 0.124 e. The zero-order valence-corrected chi connectivity index (χ0v) is 12.5. The van der Waals surface area contributed by atoms with Gasteiger partial charge in [0.25, 0.3) is 0 Å². The summed E-state index contributed by atoms with van der Waals surface area (Å²) < 4.78 is 0. The van der Waals surface area contributed by atoms with Crippen molar-refractivity contribution in [2.75, 3.05) is 0 Å². The van der Waals surface area contributed by atoms with E-state index < -0.39 is 0 Å². The summed E-state index contributed by atoms with van der Waals surface area (Å²) in [5.41, 5.74) is 4.12. The second-order valence-corrected chi connectivity index (χ2v) is 7.21. The first-order valence-corrected chi connectivity index (χ1v) is 8.48. The van der Waals surface area contributed by atoms with Crippen LogP contribution >= 0.6 is 22.7 Å². The maximum atomic E-state index is 4.77. The van der Waals surface area contributed by atoms with E-state index in [1.54, 1.807) is 10.4 Å². The van der Waals surface area contributed by atoms with E-state index in [1.807, 2.05) is 22.7 Å². The van der Waals surface area contributed by atoms with E-state index >= 15 is 0 Å². The summed E-state index contributed by atoms with van der Waals surface area (Å²) >= 11 is 3.75. The molecule has 1 aliphatic carbocycles. The number of nitrogens with zero attached hydrogens (tertiary/aromatic N) is 1. The van der Waals surface area contributed by atoms with Gasteiger partial charge in [0.1, 0.15) is 4.83 Å². The van der Waals surface area contributed by atoms with Crippen LogP contribution in [0.2, 0.25) is 0 Å². The molecule has 0 bridgehead atoms. The van der Waals surface area contributed by atoms with Gasteiger partial charge in [0.15, 0.2) is 0 Å². The summed E-state index contributed by atoms with van der Waals surface area (Å²) in [6, 6.07) is 6.63. The van der Waals surface area contributed by atoms with Crippen LogP contribution in [0, 0.1) is 6.92 Å². The number of aryl methyl sites for hydroxylation is 3. The van der Waals surface area contributed by atoms with Crippen LogP contribution < -0.4 is 0 Å². The molecular formula is C16H15NS2. The number of aromatic nitrogens is 1. The molecule has 3 heteroatoms. The van der Waals surface area contributed by atoms with Crippen molar-refractivity contribution in [3.8, 4) is 10.4 Å². The van der Waals surface area contributed by atoms with Gasteiger partial charge in [-0.3, -0.25) is 0 Å². The fourth-order valence-electron chi connectivity index (χ4n) is 3.01. The first-order valence-electron chi connectivity index (χ1n) is 6.79. The molecule has 0 aromatic carbocycles. The molecule has 0 radical (unpaired) electrons. The summed E-state index contributed by atoms with van der Waals surface area (Å²) in [6.45, 7) is 2.11. The molecule has 1 aliphatic rings. The van der Waals surface area contributed by atoms with Gasteiger partial charge in [-0.1, -0.05) is 6.07 Å². The lowest BCUT2D eigenvalue weighted by atomic mass is 9.94. The van der Waals surface area contributed by atoms with E-state index in [4.69, 9.17) is 4.98 Å². The zero-order chi connectivity index (χ0) is 12.8. The average molecular weight is 285 g/mol. The highest BCUT2D eigenvalue weighted by molar-refractivity contribution is 7.19. The highest BCUT2D eigenvalue weighted by atomic mass is 32.1.